The normalized spacial score (nSPS) is 21.2. The second-order valence-electron chi connectivity index (χ2n) is 3.91. The van der Waals surface area contributed by atoms with Crippen molar-refractivity contribution in [2.45, 2.75) is 33.2 Å². The molecule has 3 heteroatoms. The SMILES string of the molecule is Cc1cc(=O)n2c(n1)CC[C@H](C)C2. The van der Waals surface area contributed by atoms with E-state index < -0.39 is 0 Å². The van der Waals surface area contributed by atoms with E-state index in [9.17, 15) is 4.79 Å². The number of hydrogen-bond donors (Lipinski definition) is 0. The lowest BCUT2D eigenvalue weighted by molar-refractivity contribution is 0.378. The van der Waals surface area contributed by atoms with Crippen LogP contribution in [0.1, 0.15) is 24.9 Å². The van der Waals surface area contributed by atoms with Crippen molar-refractivity contribution in [3.05, 3.63) is 27.9 Å². The van der Waals surface area contributed by atoms with Gasteiger partial charge in [-0.15, -0.1) is 0 Å². The van der Waals surface area contributed by atoms with E-state index in [1.54, 1.807) is 10.6 Å². The maximum atomic E-state index is 11.6. The van der Waals surface area contributed by atoms with Crippen molar-refractivity contribution < 1.29 is 0 Å². The molecule has 0 radical (unpaired) electrons. The van der Waals surface area contributed by atoms with Crippen LogP contribution in [0.5, 0.6) is 0 Å². The Morgan fingerprint density at radius 1 is 1.62 bits per heavy atom. The third kappa shape index (κ3) is 1.50. The molecule has 0 amide bonds. The first-order valence-electron chi connectivity index (χ1n) is 4.74. The molecule has 0 bridgehead atoms. The molecule has 0 saturated heterocycles. The van der Waals surface area contributed by atoms with Crippen LogP contribution in [0.4, 0.5) is 0 Å². The highest BCUT2D eigenvalue weighted by molar-refractivity contribution is 5.04. The summed E-state index contributed by atoms with van der Waals surface area (Å²) in [5, 5.41) is 0. The zero-order valence-electron chi connectivity index (χ0n) is 8.08. The van der Waals surface area contributed by atoms with E-state index in [0.29, 0.717) is 5.92 Å². The Bertz CT molecular complexity index is 381. The molecule has 0 aliphatic carbocycles. The molecular formula is C10H14N2O. The predicted molar refractivity (Wildman–Crippen MR) is 50.7 cm³/mol. The lowest BCUT2D eigenvalue weighted by Gasteiger charge is -2.22. The average Bonchev–Trinajstić information content (AvgIpc) is 2.06. The molecule has 3 nitrogen and oxygen atoms in total. The van der Waals surface area contributed by atoms with Gasteiger partial charge in [-0.25, -0.2) is 4.98 Å². The van der Waals surface area contributed by atoms with Crippen LogP contribution >= 0.6 is 0 Å². The fraction of sp³-hybridized carbons (Fsp3) is 0.600. The summed E-state index contributed by atoms with van der Waals surface area (Å²) in [5.74, 6) is 1.57. The van der Waals surface area contributed by atoms with Gasteiger partial charge in [0.2, 0.25) is 0 Å². The maximum absolute atomic E-state index is 11.6. The van der Waals surface area contributed by atoms with Crippen LogP contribution in [-0.4, -0.2) is 9.55 Å². The van der Waals surface area contributed by atoms with E-state index in [0.717, 1.165) is 30.9 Å². The summed E-state index contributed by atoms with van der Waals surface area (Å²) in [7, 11) is 0. The number of rotatable bonds is 0. The molecule has 1 aromatic rings. The Labute approximate surface area is 77.4 Å². The smallest absolute Gasteiger partial charge is 0.253 e. The number of hydrogen-bond acceptors (Lipinski definition) is 2. The van der Waals surface area contributed by atoms with Gasteiger partial charge in [-0.3, -0.25) is 9.36 Å². The molecule has 0 saturated carbocycles. The van der Waals surface area contributed by atoms with Gasteiger partial charge in [0.25, 0.3) is 5.56 Å². The Morgan fingerprint density at radius 2 is 2.38 bits per heavy atom. The van der Waals surface area contributed by atoms with Crippen molar-refractivity contribution >= 4 is 0 Å². The molecule has 13 heavy (non-hydrogen) atoms. The van der Waals surface area contributed by atoms with Crippen molar-refractivity contribution in [3.8, 4) is 0 Å². The molecular weight excluding hydrogens is 164 g/mol. The minimum atomic E-state index is 0.106. The molecule has 0 N–H and O–H groups in total. The fourth-order valence-corrected chi connectivity index (χ4v) is 1.84. The second kappa shape index (κ2) is 2.98. The van der Waals surface area contributed by atoms with E-state index in [-0.39, 0.29) is 5.56 Å². The summed E-state index contributed by atoms with van der Waals surface area (Å²) >= 11 is 0. The Hall–Kier alpha value is -1.12. The van der Waals surface area contributed by atoms with Crippen molar-refractivity contribution in [1.82, 2.24) is 9.55 Å². The van der Waals surface area contributed by atoms with Gasteiger partial charge >= 0.3 is 0 Å². The van der Waals surface area contributed by atoms with Gasteiger partial charge in [-0.05, 0) is 19.3 Å². The summed E-state index contributed by atoms with van der Waals surface area (Å²) < 4.78 is 1.81. The lowest BCUT2D eigenvalue weighted by atomic mass is 10.0. The van der Waals surface area contributed by atoms with Crippen molar-refractivity contribution in [3.63, 3.8) is 0 Å². The van der Waals surface area contributed by atoms with Gasteiger partial charge < -0.3 is 0 Å². The minimum Gasteiger partial charge on any atom is -0.296 e. The average molecular weight is 178 g/mol. The summed E-state index contributed by atoms with van der Waals surface area (Å²) in [5.41, 5.74) is 0.944. The van der Waals surface area contributed by atoms with Crippen LogP contribution in [0.15, 0.2) is 10.9 Å². The van der Waals surface area contributed by atoms with Crippen molar-refractivity contribution in [2.24, 2.45) is 5.92 Å². The van der Waals surface area contributed by atoms with Crippen molar-refractivity contribution in [2.75, 3.05) is 0 Å². The number of aromatic nitrogens is 2. The quantitative estimate of drug-likeness (QED) is 0.597. The van der Waals surface area contributed by atoms with E-state index >= 15 is 0 Å². The maximum Gasteiger partial charge on any atom is 0.253 e. The van der Waals surface area contributed by atoms with E-state index in [1.165, 1.54) is 0 Å². The molecule has 1 atom stereocenters. The zero-order valence-corrected chi connectivity index (χ0v) is 8.08. The zero-order chi connectivity index (χ0) is 9.42. The summed E-state index contributed by atoms with van der Waals surface area (Å²) in [6.45, 7) is 4.89. The van der Waals surface area contributed by atoms with Gasteiger partial charge in [0.15, 0.2) is 0 Å². The molecule has 0 unspecified atom stereocenters. The molecule has 1 aromatic heterocycles. The molecule has 1 aliphatic heterocycles. The van der Waals surface area contributed by atoms with Gasteiger partial charge in [0.05, 0.1) is 0 Å². The van der Waals surface area contributed by atoms with Crippen LogP contribution in [0.3, 0.4) is 0 Å². The third-order valence-electron chi connectivity index (χ3n) is 2.57. The first-order chi connectivity index (χ1) is 6.16. The Morgan fingerprint density at radius 3 is 3.15 bits per heavy atom. The highest BCUT2D eigenvalue weighted by Gasteiger charge is 2.16. The Kier molecular flexibility index (Phi) is 1.94. The van der Waals surface area contributed by atoms with E-state index in [4.69, 9.17) is 0 Å². The standard InChI is InChI=1S/C10H14N2O/c1-7-3-4-9-11-8(2)5-10(13)12(9)6-7/h5,7H,3-4,6H2,1-2H3/t7-/m0/s1. The second-order valence-corrected chi connectivity index (χ2v) is 3.91. The number of aryl methyl sites for hydroxylation is 2. The van der Waals surface area contributed by atoms with Gasteiger partial charge in [-0.2, -0.15) is 0 Å². The molecule has 1 aliphatic rings. The fourth-order valence-electron chi connectivity index (χ4n) is 1.84. The van der Waals surface area contributed by atoms with Gasteiger partial charge in [0.1, 0.15) is 5.82 Å². The van der Waals surface area contributed by atoms with E-state index in [1.807, 2.05) is 6.92 Å². The first-order valence-corrected chi connectivity index (χ1v) is 4.74. The molecule has 0 spiro atoms. The van der Waals surface area contributed by atoms with Gasteiger partial charge in [0, 0.05) is 24.7 Å². The highest BCUT2D eigenvalue weighted by atomic mass is 16.1. The molecule has 0 aromatic carbocycles. The summed E-state index contributed by atoms with van der Waals surface area (Å²) in [6, 6.07) is 1.61. The van der Waals surface area contributed by atoms with Crippen LogP contribution in [0.2, 0.25) is 0 Å². The van der Waals surface area contributed by atoms with Crippen LogP contribution in [0, 0.1) is 12.8 Å². The third-order valence-corrected chi connectivity index (χ3v) is 2.57. The molecule has 70 valence electrons. The van der Waals surface area contributed by atoms with Crippen molar-refractivity contribution in [1.29, 1.82) is 0 Å². The van der Waals surface area contributed by atoms with Crippen LogP contribution in [-0.2, 0) is 13.0 Å². The Balaban J connectivity index is 2.53. The highest BCUT2D eigenvalue weighted by Crippen LogP contribution is 2.15. The molecule has 2 heterocycles. The van der Waals surface area contributed by atoms with Gasteiger partial charge in [-0.1, -0.05) is 6.92 Å². The monoisotopic (exact) mass is 178 g/mol. The summed E-state index contributed by atoms with van der Waals surface area (Å²) in [4.78, 5) is 15.9. The molecule has 0 fully saturated rings. The first kappa shape index (κ1) is 8.48. The number of nitrogens with zero attached hydrogens (tertiary/aromatic N) is 2. The summed E-state index contributed by atoms with van der Waals surface area (Å²) in [6.07, 6.45) is 2.09. The predicted octanol–water partition coefficient (Wildman–Crippen LogP) is 1.13. The topological polar surface area (TPSA) is 34.9 Å². The van der Waals surface area contributed by atoms with Crippen LogP contribution < -0.4 is 5.56 Å². The molecule has 2 rings (SSSR count). The largest absolute Gasteiger partial charge is 0.296 e. The lowest BCUT2D eigenvalue weighted by Crippen LogP contribution is -2.31. The van der Waals surface area contributed by atoms with Crippen LogP contribution in [0.25, 0.3) is 0 Å². The van der Waals surface area contributed by atoms with E-state index in [2.05, 4.69) is 11.9 Å². The minimum absolute atomic E-state index is 0.106. The number of fused-ring (bicyclic) bond motifs is 1.